The van der Waals surface area contributed by atoms with Crippen molar-refractivity contribution in [2.24, 2.45) is 0 Å². The first kappa shape index (κ1) is 16.4. The molecule has 0 aliphatic heterocycles. The van der Waals surface area contributed by atoms with Gasteiger partial charge in [0.15, 0.2) is 0 Å². The van der Waals surface area contributed by atoms with E-state index in [1.807, 2.05) is 16.3 Å². The molecule has 110 valence electrons. The third kappa shape index (κ3) is 7.06. The van der Waals surface area contributed by atoms with E-state index in [1.54, 1.807) is 17.4 Å². The van der Waals surface area contributed by atoms with Gasteiger partial charge in [0.05, 0.1) is 6.54 Å². The number of rotatable bonds is 9. The van der Waals surface area contributed by atoms with E-state index in [9.17, 15) is 9.59 Å². The Morgan fingerprint density at radius 3 is 2.75 bits per heavy atom. The number of carbonyl (C=O) groups is 2. The van der Waals surface area contributed by atoms with Crippen molar-refractivity contribution >= 4 is 23.2 Å². The number of hydrogen-bond acceptors (Lipinski definition) is 4. The second kappa shape index (κ2) is 9.28. The Labute approximate surface area is 123 Å². The Bertz CT molecular complexity index is 432. The van der Waals surface area contributed by atoms with Crippen LogP contribution in [0.1, 0.15) is 11.8 Å². The fraction of sp³-hybridized carbons (Fsp3) is 0.429. The summed E-state index contributed by atoms with van der Waals surface area (Å²) < 4.78 is 0. The zero-order valence-electron chi connectivity index (χ0n) is 11.7. The van der Waals surface area contributed by atoms with Crippen molar-refractivity contribution in [2.45, 2.75) is 13.5 Å². The van der Waals surface area contributed by atoms with Crippen LogP contribution < -0.4 is 10.6 Å². The minimum atomic E-state index is -0.0924. The van der Waals surface area contributed by atoms with Crippen LogP contribution in [0.5, 0.6) is 0 Å². The summed E-state index contributed by atoms with van der Waals surface area (Å²) in [4.78, 5) is 25.7. The average molecular weight is 295 g/mol. The van der Waals surface area contributed by atoms with Crippen LogP contribution in [0.25, 0.3) is 0 Å². The Morgan fingerprint density at radius 2 is 2.15 bits per heavy atom. The largest absolute Gasteiger partial charge is 0.355 e. The highest BCUT2D eigenvalue weighted by Gasteiger charge is 2.10. The number of carbonyl (C=O) groups excluding carboxylic acids is 2. The van der Waals surface area contributed by atoms with Crippen LogP contribution in [0.3, 0.4) is 0 Å². The van der Waals surface area contributed by atoms with E-state index in [0.717, 1.165) is 6.54 Å². The molecule has 1 aromatic rings. The molecule has 0 radical (unpaired) electrons. The van der Waals surface area contributed by atoms with Crippen molar-refractivity contribution in [3.63, 3.8) is 0 Å². The summed E-state index contributed by atoms with van der Waals surface area (Å²) in [6.45, 7) is 7.79. The highest BCUT2D eigenvalue weighted by molar-refractivity contribution is 7.09. The van der Waals surface area contributed by atoms with Gasteiger partial charge in [-0.15, -0.1) is 17.9 Å². The van der Waals surface area contributed by atoms with Gasteiger partial charge in [-0.25, -0.2) is 0 Å². The van der Waals surface area contributed by atoms with Crippen molar-refractivity contribution in [3.05, 3.63) is 35.0 Å². The second-order valence-electron chi connectivity index (χ2n) is 4.37. The van der Waals surface area contributed by atoms with E-state index < -0.39 is 0 Å². The Balaban J connectivity index is 2.31. The lowest BCUT2D eigenvalue weighted by atomic mass is 10.3. The molecule has 0 aliphatic carbocycles. The summed E-state index contributed by atoms with van der Waals surface area (Å²) in [6, 6.07) is 4.05. The van der Waals surface area contributed by atoms with Crippen LogP contribution in [-0.2, 0) is 16.1 Å². The lowest BCUT2D eigenvalue weighted by Gasteiger charge is -2.19. The summed E-state index contributed by atoms with van der Waals surface area (Å²) >= 11 is 1.67. The standard InChI is InChI=1S/C14H21N3O2S/c1-3-8-17(10-13-5-4-9-20-13)11-14(19)16-7-6-15-12(2)18/h3-5,9H,1,6-8,10-11H2,2H3,(H,15,18)(H,16,19). The maximum atomic E-state index is 11.8. The zero-order valence-corrected chi connectivity index (χ0v) is 12.5. The summed E-state index contributed by atoms with van der Waals surface area (Å²) in [7, 11) is 0. The SMILES string of the molecule is C=CCN(CC(=O)NCCNC(C)=O)Cc1cccs1. The van der Waals surface area contributed by atoms with Crippen molar-refractivity contribution in [1.82, 2.24) is 15.5 Å². The minimum absolute atomic E-state index is 0.0474. The van der Waals surface area contributed by atoms with E-state index in [0.29, 0.717) is 26.2 Å². The Hall–Kier alpha value is -1.66. The van der Waals surface area contributed by atoms with Crippen molar-refractivity contribution < 1.29 is 9.59 Å². The Kier molecular flexibility index (Phi) is 7.60. The van der Waals surface area contributed by atoms with Gasteiger partial charge in [0.2, 0.25) is 11.8 Å². The van der Waals surface area contributed by atoms with Crippen LogP contribution in [0.2, 0.25) is 0 Å². The van der Waals surface area contributed by atoms with Gasteiger partial charge in [0.1, 0.15) is 0 Å². The highest BCUT2D eigenvalue weighted by atomic mass is 32.1. The van der Waals surface area contributed by atoms with Gasteiger partial charge in [-0.1, -0.05) is 12.1 Å². The molecule has 2 N–H and O–H groups in total. The van der Waals surface area contributed by atoms with Crippen LogP contribution in [-0.4, -0.2) is 42.9 Å². The molecule has 0 aromatic carbocycles. The fourth-order valence-electron chi connectivity index (χ4n) is 1.69. The van der Waals surface area contributed by atoms with Crippen LogP contribution >= 0.6 is 11.3 Å². The molecule has 1 heterocycles. The second-order valence-corrected chi connectivity index (χ2v) is 5.40. The topological polar surface area (TPSA) is 61.4 Å². The molecule has 0 fully saturated rings. The number of thiophene rings is 1. The summed E-state index contributed by atoms with van der Waals surface area (Å²) in [5.74, 6) is -0.140. The van der Waals surface area contributed by atoms with Crippen molar-refractivity contribution in [1.29, 1.82) is 0 Å². The first-order chi connectivity index (χ1) is 9.61. The lowest BCUT2D eigenvalue weighted by Crippen LogP contribution is -2.40. The highest BCUT2D eigenvalue weighted by Crippen LogP contribution is 2.11. The maximum absolute atomic E-state index is 11.8. The van der Waals surface area contributed by atoms with Gasteiger partial charge in [-0.2, -0.15) is 0 Å². The van der Waals surface area contributed by atoms with Crippen LogP contribution in [0.4, 0.5) is 0 Å². The fourth-order valence-corrected chi connectivity index (χ4v) is 2.44. The third-order valence-electron chi connectivity index (χ3n) is 2.54. The van der Waals surface area contributed by atoms with Gasteiger partial charge in [-0.3, -0.25) is 14.5 Å². The van der Waals surface area contributed by atoms with E-state index in [1.165, 1.54) is 11.8 Å². The van der Waals surface area contributed by atoms with Crippen LogP contribution in [0.15, 0.2) is 30.2 Å². The van der Waals surface area contributed by atoms with Gasteiger partial charge in [0, 0.05) is 38.0 Å². The van der Waals surface area contributed by atoms with Crippen molar-refractivity contribution in [2.75, 3.05) is 26.2 Å². The van der Waals surface area contributed by atoms with Crippen molar-refractivity contribution in [3.8, 4) is 0 Å². The molecule has 0 saturated carbocycles. The first-order valence-corrected chi connectivity index (χ1v) is 7.36. The summed E-state index contributed by atoms with van der Waals surface area (Å²) in [5.41, 5.74) is 0. The molecular weight excluding hydrogens is 274 g/mol. The quantitative estimate of drug-likeness (QED) is 0.527. The lowest BCUT2D eigenvalue weighted by molar-refractivity contribution is -0.123. The number of hydrogen-bond donors (Lipinski definition) is 2. The molecule has 20 heavy (non-hydrogen) atoms. The molecule has 1 aromatic heterocycles. The molecule has 0 unspecified atom stereocenters. The minimum Gasteiger partial charge on any atom is -0.355 e. The predicted octanol–water partition coefficient (Wildman–Crippen LogP) is 0.988. The number of nitrogens with zero attached hydrogens (tertiary/aromatic N) is 1. The van der Waals surface area contributed by atoms with Gasteiger partial charge < -0.3 is 10.6 Å². The Morgan fingerprint density at radius 1 is 1.40 bits per heavy atom. The normalized spacial score (nSPS) is 10.3. The van der Waals surface area contributed by atoms with Gasteiger partial charge in [-0.05, 0) is 11.4 Å². The molecular formula is C14H21N3O2S. The molecule has 0 aliphatic rings. The zero-order chi connectivity index (χ0) is 14.8. The van der Waals surface area contributed by atoms with Gasteiger partial charge >= 0.3 is 0 Å². The molecule has 0 atom stereocenters. The molecule has 5 nitrogen and oxygen atoms in total. The molecule has 0 bridgehead atoms. The molecule has 6 heteroatoms. The van der Waals surface area contributed by atoms with Gasteiger partial charge in [0.25, 0.3) is 0 Å². The first-order valence-electron chi connectivity index (χ1n) is 6.48. The molecule has 1 rings (SSSR count). The number of nitrogens with one attached hydrogen (secondary N) is 2. The van der Waals surface area contributed by atoms with E-state index in [4.69, 9.17) is 0 Å². The average Bonchev–Trinajstić information content (AvgIpc) is 2.87. The van der Waals surface area contributed by atoms with E-state index in [2.05, 4.69) is 23.3 Å². The summed E-state index contributed by atoms with van der Waals surface area (Å²) in [6.07, 6.45) is 1.79. The monoisotopic (exact) mass is 295 g/mol. The molecule has 0 saturated heterocycles. The van der Waals surface area contributed by atoms with E-state index in [-0.39, 0.29) is 11.8 Å². The maximum Gasteiger partial charge on any atom is 0.234 e. The third-order valence-corrected chi connectivity index (χ3v) is 3.40. The van der Waals surface area contributed by atoms with E-state index >= 15 is 0 Å². The smallest absolute Gasteiger partial charge is 0.234 e. The molecule has 2 amide bonds. The number of amides is 2. The summed E-state index contributed by atoms with van der Waals surface area (Å²) in [5, 5.41) is 7.44. The molecule has 0 spiro atoms. The van der Waals surface area contributed by atoms with Crippen LogP contribution in [0, 0.1) is 0 Å². The predicted molar refractivity (Wildman–Crippen MR) is 81.5 cm³/mol.